The molecule has 1 aliphatic rings. The van der Waals surface area contributed by atoms with Gasteiger partial charge >= 0.3 is 0 Å². The second-order valence-electron chi connectivity index (χ2n) is 4.44. The third kappa shape index (κ3) is 2.71. The van der Waals surface area contributed by atoms with Crippen molar-refractivity contribution in [3.8, 4) is 0 Å². The minimum absolute atomic E-state index is 0.164. The van der Waals surface area contributed by atoms with E-state index in [-0.39, 0.29) is 18.4 Å². The topological polar surface area (TPSA) is 75.3 Å². The van der Waals surface area contributed by atoms with Crippen molar-refractivity contribution in [3.63, 3.8) is 0 Å². The van der Waals surface area contributed by atoms with Crippen LogP contribution in [0.5, 0.6) is 0 Å². The summed E-state index contributed by atoms with van der Waals surface area (Å²) in [5.41, 5.74) is 7.39. The number of hydrogen-bond donors (Lipinski definition) is 3. The van der Waals surface area contributed by atoms with Crippen LogP contribution in [0.3, 0.4) is 0 Å². The van der Waals surface area contributed by atoms with Gasteiger partial charge in [-0.1, -0.05) is 6.92 Å². The van der Waals surface area contributed by atoms with Crippen LogP contribution in [0.15, 0.2) is 21.5 Å². The Morgan fingerprint density at radius 2 is 2.33 bits per heavy atom. The van der Waals surface area contributed by atoms with Gasteiger partial charge in [0.15, 0.2) is 0 Å². The lowest BCUT2D eigenvalue weighted by molar-refractivity contribution is -0.116. The van der Waals surface area contributed by atoms with Gasteiger partial charge in [0.1, 0.15) is 6.04 Å². The van der Waals surface area contributed by atoms with Crippen LogP contribution in [0.25, 0.3) is 0 Å². The minimum Gasteiger partial charge on any atom is -0.396 e. The summed E-state index contributed by atoms with van der Waals surface area (Å²) in [5, 5.41) is 11.8. The Labute approximate surface area is 118 Å². The number of fused-ring (bicyclic) bond motifs is 1. The largest absolute Gasteiger partial charge is 0.396 e. The molecule has 1 aromatic carbocycles. The molecule has 0 aliphatic carbocycles. The normalized spacial score (nSPS) is 19.6. The van der Waals surface area contributed by atoms with Crippen molar-refractivity contribution in [3.05, 3.63) is 22.2 Å². The Morgan fingerprint density at radius 3 is 3.00 bits per heavy atom. The van der Waals surface area contributed by atoms with Crippen LogP contribution in [-0.4, -0.2) is 23.4 Å². The predicted molar refractivity (Wildman–Crippen MR) is 76.7 cm³/mol. The van der Waals surface area contributed by atoms with Crippen molar-refractivity contribution >= 4 is 39.3 Å². The summed E-state index contributed by atoms with van der Waals surface area (Å²) in [6, 6.07) is 3.25. The molecule has 6 heteroatoms. The Kier molecular flexibility index (Phi) is 4.32. The van der Waals surface area contributed by atoms with E-state index in [0.29, 0.717) is 0 Å². The first-order valence-corrected chi connectivity index (χ1v) is 7.44. The van der Waals surface area contributed by atoms with Gasteiger partial charge in [0.05, 0.1) is 0 Å². The number of nitrogens with one attached hydrogen (secondary N) is 1. The molecule has 0 radical (unpaired) electrons. The molecule has 2 rings (SSSR count). The first-order chi connectivity index (χ1) is 8.52. The molecule has 1 aliphatic heterocycles. The first-order valence-electron chi connectivity index (χ1n) is 5.66. The molecule has 2 unspecified atom stereocenters. The maximum absolute atomic E-state index is 11.5. The van der Waals surface area contributed by atoms with E-state index in [4.69, 9.17) is 10.8 Å². The Hall–Kier alpha value is -0.560. The predicted octanol–water partition coefficient (Wildman–Crippen LogP) is 2.12. The molecule has 1 aromatic rings. The van der Waals surface area contributed by atoms with E-state index in [1.54, 1.807) is 11.8 Å². The molecule has 0 saturated carbocycles. The SMILES string of the molecule is CC(CO)CSc1cc2c(cc1Br)C(N)C(=O)N2. The summed E-state index contributed by atoms with van der Waals surface area (Å²) < 4.78 is 0.934. The van der Waals surface area contributed by atoms with Gasteiger partial charge in [-0.25, -0.2) is 0 Å². The van der Waals surface area contributed by atoms with Crippen LogP contribution in [-0.2, 0) is 4.79 Å². The van der Waals surface area contributed by atoms with E-state index in [1.807, 2.05) is 19.1 Å². The van der Waals surface area contributed by atoms with Crippen molar-refractivity contribution in [2.75, 3.05) is 17.7 Å². The molecule has 4 nitrogen and oxygen atoms in total. The van der Waals surface area contributed by atoms with Gasteiger partial charge in [0.25, 0.3) is 0 Å². The van der Waals surface area contributed by atoms with E-state index >= 15 is 0 Å². The van der Waals surface area contributed by atoms with Gasteiger partial charge < -0.3 is 16.2 Å². The summed E-state index contributed by atoms with van der Waals surface area (Å²) >= 11 is 5.14. The molecule has 0 fully saturated rings. The minimum atomic E-state index is -0.577. The highest BCUT2D eigenvalue weighted by atomic mass is 79.9. The van der Waals surface area contributed by atoms with Crippen molar-refractivity contribution in [2.45, 2.75) is 17.9 Å². The number of halogens is 1. The van der Waals surface area contributed by atoms with Crippen molar-refractivity contribution < 1.29 is 9.90 Å². The summed E-state index contributed by atoms with van der Waals surface area (Å²) in [4.78, 5) is 12.5. The Morgan fingerprint density at radius 1 is 1.61 bits per heavy atom. The fourth-order valence-electron chi connectivity index (χ4n) is 1.68. The lowest BCUT2D eigenvalue weighted by Crippen LogP contribution is -2.19. The average molecular weight is 331 g/mol. The number of hydrogen-bond acceptors (Lipinski definition) is 4. The van der Waals surface area contributed by atoms with Gasteiger partial charge in [-0.2, -0.15) is 0 Å². The van der Waals surface area contributed by atoms with Crippen LogP contribution in [0, 0.1) is 5.92 Å². The number of aliphatic hydroxyl groups excluding tert-OH is 1. The average Bonchev–Trinajstić information content (AvgIpc) is 2.62. The zero-order valence-electron chi connectivity index (χ0n) is 9.94. The fraction of sp³-hybridized carbons (Fsp3) is 0.417. The molecule has 0 spiro atoms. The zero-order valence-corrected chi connectivity index (χ0v) is 12.3. The highest BCUT2D eigenvalue weighted by Gasteiger charge is 2.28. The number of nitrogens with two attached hydrogens (primary N) is 1. The number of rotatable bonds is 4. The van der Waals surface area contributed by atoms with Gasteiger partial charge in [0.2, 0.25) is 5.91 Å². The molecule has 0 aromatic heterocycles. The molecule has 0 saturated heterocycles. The van der Waals surface area contributed by atoms with Crippen molar-refractivity contribution in [2.24, 2.45) is 11.7 Å². The van der Waals surface area contributed by atoms with Crippen LogP contribution in [0.4, 0.5) is 5.69 Å². The molecule has 0 bridgehead atoms. The van der Waals surface area contributed by atoms with E-state index in [2.05, 4.69) is 21.2 Å². The second kappa shape index (κ2) is 5.61. The van der Waals surface area contributed by atoms with Crippen molar-refractivity contribution in [1.82, 2.24) is 0 Å². The number of benzene rings is 1. The zero-order chi connectivity index (χ0) is 13.3. The maximum atomic E-state index is 11.5. The number of anilines is 1. The molecule has 1 amide bonds. The van der Waals surface area contributed by atoms with Gasteiger partial charge in [-0.05, 0) is 34.0 Å². The molecule has 1 heterocycles. The summed E-state index contributed by atoms with van der Waals surface area (Å²) in [6.07, 6.45) is 0. The molecular formula is C12H15BrN2O2S. The number of carbonyl (C=O) groups excluding carboxylic acids is 1. The maximum Gasteiger partial charge on any atom is 0.245 e. The summed E-state index contributed by atoms with van der Waals surface area (Å²) in [5.74, 6) is 0.906. The first kappa shape index (κ1) is 13.9. The quantitative estimate of drug-likeness (QED) is 0.739. The highest BCUT2D eigenvalue weighted by molar-refractivity contribution is 9.10. The van der Waals surface area contributed by atoms with E-state index in [9.17, 15) is 4.79 Å². The van der Waals surface area contributed by atoms with Gasteiger partial charge in [0, 0.05) is 33.0 Å². The molecule has 18 heavy (non-hydrogen) atoms. The summed E-state index contributed by atoms with van der Waals surface area (Å²) in [7, 11) is 0. The fourth-order valence-corrected chi connectivity index (χ4v) is 3.35. The summed E-state index contributed by atoms with van der Waals surface area (Å²) in [6.45, 7) is 2.17. The van der Waals surface area contributed by atoms with Gasteiger partial charge in [-0.15, -0.1) is 11.8 Å². The highest BCUT2D eigenvalue weighted by Crippen LogP contribution is 2.38. The number of carbonyl (C=O) groups is 1. The van der Waals surface area contributed by atoms with Crippen LogP contribution < -0.4 is 11.1 Å². The number of thioether (sulfide) groups is 1. The lowest BCUT2D eigenvalue weighted by Gasteiger charge is -2.11. The van der Waals surface area contributed by atoms with Crippen LogP contribution >= 0.6 is 27.7 Å². The van der Waals surface area contributed by atoms with Gasteiger partial charge in [-0.3, -0.25) is 4.79 Å². The van der Waals surface area contributed by atoms with Crippen LogP contribution in [0.2, 0.25) is 0 Å². The number of aliphatic hydroxyl groups is 1. The van der Waals surface area contributed by atoms with E-state index in [1.165, 1.54) is 0 Å². The third-order valence-electron chi connectivity index (χ3n) is 2.81. The molecular weight excluding hydrogens is 316 g/mol. The molecule has 98 valence electrons. The lowest BCUT2D eigenvalue weighted by atomic mass is 10.1. The van der Waals surface area contributed by atoms with Crippen molar-refractivity contribution in [1.29, 1.82) is 0 Å². The second-order valence-corrected chi connectivity index (χ2v) is 6.35. The van der Waals surface area contributed by atoms with E-state index in [0.717, 1.165) is 26.4 Å². The standard InChI is InChI=1S/C12H15BrN2O2S/c1-6(4-16)5-18-10-3-9-7(2-8(10)13)11(14)12(17)15-9/h2-3,6,11,16H,4-5,14H2,1H3,(H,15,17). The smallest absolute Gasteiger partial charge is 0.245 e. The molecule has 4 N–H and O–H groups in total. The Balaban J connectivity index is 2.19. The Bertz CT molecular complexity index is 481. The monoisotopic (exact) mass is 330 g/mol. The molecule has 2 atom stereocenters. The van der Waals surface area contributed by atoms with Crippen LogP contribution in [0.1, 0.15) is 18.5 Å². The number of amides is 1. The third-order valence-corrected chi connectivity index (χ3v) is 5.12. The van der Waals surface area contributed by atoms with E-state index < -0.39 is 6.04 Å².